The minimum atomic E-state index is -0.146. The van der Waals surface area contributed by atoms with Crippen LogP contribution in [0.1, 0.15) is 11.1 Å². The van der Waals surface area contributed by atoms with Gasteiger partial charge in [-0.1, -0.05) is 71.7 Å². The summed E-state index contributed by atoms with van der Waals surface area (Å²) in [5.74, 6) is 0.953. The van der Waals surface area contributed by atoms with E-state index in [0.29, 0.717) is 31.6 Å². The molecule has 0 bridgehead atoms. The highest BCUT2D eigenvalue weighted by Gasteiger charge is 2.34. The monoisotopic (exact) mass is 560 g/mol. The van der Waals surface area contributed by atoms with Gasteiger partial charge in [0.05, 0.1) is 23.4 Å². The van der Waals surface area contributed by atoms with Gasteiger partial charge >= 0.3 is 0 Å². The number of ether oxygens (including phenoxy) is 2. The molecular weight excluding hydrogens is 539 g/mol. The summed E-state index contributed by atoms with van der Waals surface area (Å²) in [4.78, 5) is 20.5. The smallest absolute Gasteiger partial charge is 0.271 e. The number of nitrogens with zero attached hydrogens (tertiary/aromatic N) is 2. The summed E-state index contributed by atoms with van der Waals surface area (Å²) < 4.78 is 11.5. The van der Waals surface area contributed by atoms with Crippen molar-refractivity contribution in [2.24, 2.45) is 4.99 Å². The number of benzene rings is 4. The normalized spacial score (nSPS) is 15.3. The third-order valence-corrected chi connectivity index (χ3v) is 7.24. The molecule has 4 aromatic carbocycles. The first-order valence-electron chi connectivity index (χ1n) is 11.7. The van der Waals surface area contributed by atoms with Crippen molar-refractivity contribution in [2.45, 2.75) is 6.61 Å². The van der Waals surface area contributed by atoms with Crippen LogP contribution in [0.25, 0.3) is 6.08 Å². The summed E-state index contributed by atoms with van der Waals surface area (Å²) >= 11 is 13.6. The van der Waals surface area contributed by atoms with Crippen molar-refractivity contribution < 1.29 is 14.3 Å². The first kappa shape index (κ1) is 25.9. The molecule has 0 aliphatic carbocycles. The standard InChI is InChI=1S/C30H22Cl2N2O3S/c1-36-27-16-20(12-15-26(27)37-19-21-13-14-22(31)18-25(21)32)17-28-29(35)34(24-10-6-3-7-11-24)30(38-28)33-23-8-4-2-5-9-23/h2-18H,19H2,1H3/b28-17-,33-30?. The Kier molecular flexibility index (Phi) is 8.03. The van der Waals surface area contributed by atoms with Gasteiger partial charge in [0.25, 0.3) is 5.91 Å². The topological polar surface area (TPSA) is 51.1 Å². The van der Waals surface area contributed by atoms with Crippen LogP contribution in [0.2, 0.25) is 10.0 Å². The second-order valence-corrected chi connectivity index (χ2v) is 10.1. The molecular formula is C30H22Cl2N2O3S. The number of rotatable bonds is 7. The molecule has 1 aliphatic rings. The molecule has 0 aromatic heterocycles. The van der Waals surface area contributed by atoms with Gasteiger partial charge in [0.1, 0.15) is 6.61 Å². The van der Waals surface area contributed by atoms with Gasteiger partial charge in [-0.05, 0) is 71.9 Å². The van der Waals surface area contributed by atoms with Gasteiger partial charge in [0, 0.05) is 15.6 Å². The Hall–Kier alpha value is -3.71. The van der Waals surface area contributed by atoms with E-state index in [9.17, 15) is 4.79 Å². The number of para-hydroxylation sites is 2. The molecule has 1 heterocycles. The van der Waals surface area contributed by atoms with Crippen LogP contribution in [0.4, 0.5) is 11.4 Å². The van der Waals surface area contributed by atoms with Gasteiger partial charge in [-0.2, -0.15) is 0 Å². The second kappa shape index (κ2) is 11.8. The van der Waals surface area contributed by atoms with E-state index in [1.165, 1.54) is 11.8 Å². The zero-order valence-electron chi connectivity index (χ0n) is 20.3. The summed E-state index contributed by atoms with van der Waals surface area (Å²) in [6, 6.07) is 29.9. The van der Waals surface area contributed by atoms with Crippen molar-refractivity contribution in [1.82, 2.24) is 0 Å². The molecule has 0 N–H and O–H groups in total. The minimum absolute atomic E-state index is 0.146. The number of amides is 1. The Labute approximate surface area is 235 Å². The number of hydrogen-bond donors (Lipinski definition) is 0. The van der Waals surface area contributed by atoms with Gasteiger partial charge in [-0.25, -0.2) is 4.99 Å². The van der Waals surface area contributed by atoms with Gasteiger partial charge in [0.15, 0.2) is 16.7 Å². The van der Waals surface area contributed by atoms with Crippen molar-refractivity contribution in [3.8, 4) is 11.5 Å². The van der Waals surface area contributed by atoms with Gasteiger partial charge in [-0.15, -0.1) is 0 Å². The summed E-state index contributed by atoms with van der Waals surface area (Å²) in [5.41, 5.74) is 3.13. The Morgan fingerprint density at radius 1 is 0.895 bits per heavy atom. The predicted octanol–water partition coefficient (Wildman–Crippen LogP) is 8.39. The number of carbonyl (C=O) groups is 1. The molecule has 0 unspecified atom stereocenters. The maximum atomic E-state index is 13.5. The van der Waals surface area contributed by atoms with Crippen molar-refractivity contribution in [3.05, 3.63) is 123 Å². The van der Waals surface area contributed by atoms with Crippen molar-refractivity contribution in [3.63, 3.8) is 0 Å². The Bertz CT molecular complexity index is 1530. The van der Waals surface area contributed by atoms with Crippen molar-refractivity contribution in [1.29, 1.82) is 0 Å². The molecule has 1 amide bonds. The van der Waals surface area contributed by atoms with E-state index in [4.69, 9.17) is 37.7 Å². The van der Waals surface area contributed by atoms with Gasteiger partial charge < -0.3 is 9.47 Å². The number of carbonyl (C=O) groups excluding carboxylic acids is 1. The van der Waals surface area contributed by atoms with Crippen molar-refractivity contribution in [2.75, 3.05) is 12.0 Å². The molecule has 190 valence electrons. The van der Waals surface area contributed by atoms with Gasteiger partial charge in [-0.3, -0.25) is 9.69 Å². The summed E-state index contributed by atoms with van der Waals surface area (Å²) in [6.07, 6.45) is 1.83. The molecule has 1 saturated heterocycles. The summed E-state index contributed by atoms with van der Waals surface area (Å²) in [5, 5.41) is 1.69. The lowest BCUT2D eigenvalue weighted by Crippen LogP contribution is -2.28. The third kappa shape index (κ3) is 5.89. The van der Waals surface area contributed by atoms with E-state index >= 15 is 0 Å². The van der Waals surface area contributed by atoms with Crippen LogP contribution in [0.5, 0.6) is 11.5 Å². The molecule has 4 aromatic rings. The van der Waals surface area contributed by atoms with Crippen molar-refractivity contribution >= 4 is 63.5 Å². The van der Waals surface area contributed by atoms with E-state index in [1.807, 2.05) is 91.0 Å². The van der Waals surface area contributed by atoms with Crippen LogP contribution in [0.15, 0.2) is 107 Å². The Morgan fingerprint density at radius 3 is 2.34 bits per heavy atom. The molecule has 0 spiro atoms. The molecule has 0 atom stereocenters. The highest BCUT2D eigenvalue weighted by atomic mass is 35.5. The number of anilines is 1. The Balaban J connectivity index is 1.42. The summed E-state index contributed by atoms with van der Waals surface area (Å²) in [6.45, 7) is 0.256. The average Bonchev–Trinajstić information content (AvgIpc) is 3.23. The predicted molar refractivity (Wildman–Crippen MR) is 157 cm³/mol. The van der Waals surface area contributed by atoms with Gasteiger partial charge in [0.2, 0.25) is 0 Å². The molecule has 5 nitrogen and oxygen atoms in total. The van der Waals surface area contributed by atoms with Crippen LogP contribution in [0.3, 0.4) is 0 Å². The number of thioether (sulfide) groups is 1. The molecule has 1 aliphatic heterocycles. The van der Waals surface area contributed by atoms with Crippen LogP contribution >= 0.6 is 35.0 Å². The quantitative estimate of drug-likeness (QED) is 0.213. The number of amidine groups is 1. The minimum Gasteiger partial charge on any atom is -0.493 e. The zero-order chi connectivity index (χ0) is 26.5. The van der Waals surface area contributed by atoms with Crippen LogP contribution in [-0.2, 0) is 11.4 Å². The fourth-order valence-corrected chi connectivity index (χ4v) is 5.27. The fourth-order valence-electron chi connectivity index (χ4n) is 3.81. The van der Waals surface area contributed by atoms with E-state index in [0.717, 1.165) is 22.5 Å². The number of halogens is 2. The van der Waals surface area contributed by atoms with E-state index < -0.39 is 0 Å². The van der Waals surface area contributed by atoms with E-state index in [2.05, 4.69) is 0 Å². The first-order chi connectivity index (χ1) is 18.5. The summed E-state index contributed by atoms with van der Waals surface area (Å²) in [7, 11) is 1.58. The highest BCUT2D eigenvalue weighted by molar-refractivity contribution is 8.19. The highest BCUT2D eigenvalue weighted by Crippen LogP contribution is 2.38. The molecule has 0 radical (unpaired) electrons. The van der Waals surface area contributed by atoms with E-state index in [1.54, 1.807) is 24.1 Å². The fraction of sp³-hybridized carbons (Fsp3) is 0.0667. The molecule has 0 saturated carbocycles. The van der Waals surface area contributed by atoms with Crippen LogP contribution in [-0.4, -0.2) is 18.2 Å². The lowest BCUT2D eigenvalue weighted by Gasteiger charge is -2.15. The maximum Gasteiger partial charge on any atom is 0.271 e. The molecule has 1 fully saturated rings. The third-order valence-electron chi connectivity index (χ3n) is 5.69. The SMILES string of the molecule is COc1cc(/C=C2\SC(=Nc3ccccc3)N(c3ccccc3)C2=O)ccc1OCc1ccc(Cl)cc1Cl. The maximum absolute atomic E-state index is 13.5. The van der Waals surface area contributed by atoms with E-state index in [-0.39, 0.29) is 12.5 Å². The molecule has 38 heavy (non-hydrogen) atoms. The largest absolute Gasteiger partial charge is 0.493 e. The first-order valence-corrected chi connectivity index (χ1v) is 13.3. The molecule has 8 heteroatoms. The number of aliphatic imine (C=N–C) groups is 1. The zero-order valence-corrected chi connectivity index (χ0v) is 22.6. The molecule has 5 rings (SSSR count). The lowest BCUT2D eigenvalue weighted by atomic mass is 10.1. The lowest BCUT2D eigenvalue weighted by molar-refractivity contribution is -0.113. The van der Waals surface area contributed by atoms with Crippen LogP contribution < -0.4 is 14.4 Å². The number of hydrogen-bond acceptors (Lipinski definition) is 5. The van der Waals surface area contributed by atoms with Crippen LogP contribution in [0, 0.1) is 0 Å². The second-order valence-electron chi connectivity index (χ2n) is 8.25. The Morgan fingerprint density at radius 2 is 1.63 bits per heavy atom. The average molecular weight is 561 g/mol. The number of methoxy groups -OCH3 is 1.